The van der Waals surface area contributed by atoms with Gasteiger partial charge in [-0.15, -0.1) is 6.58 Å². The number of rotatable bonds is 4. The van der Waals surface area contributed by atoms with Gasteiger partial charge in [0.25, 0.3) is 0 Å². The van der Waals surface area contributed by atoms with E-state index in [-0.39, 0.29) is 5.91 Å². The van der Waals surface area contributed by atoms with Gasteiger partial charge in [0.1, 0.15) is 0 Å². The molecule has 9 heavy (non-hydrogen) atoms. The first kappa shape index (κ1) is 8.17. The predicted octanol–water partition coefficient (Wildman–Crippen LogP) is -0.410. The van der Waals surface area contributed by atoms with E-state index in [1.807, 2.05) is 7.05 Å². The Morgan fingerprint density at radius 3 is 2.78 bits per heavy atom. The highest BCUT2D eigenvalue weighted by Gasteiger charge is 1.97. The summed E-state index contributed by atoms with van der Waals surface area (Å²) < 4.78 is 0. The molecule has 0 saturated heterocycles. The summed E-state index contributed by atoms with van der Waals surface area (Å²) in [5.41, 5.74) is 4.91. The summed E-state index contributed by atoms with van der Waals surface area (Å²) >= 11 is 0. The van der Waals surface area contributed by atoms with E-state index in [2.05, 4.69) is 6.58 Å². The minimum atomic E-state index is -0.306. The lowest BCUT2D eigenvalue weighted by atomic mass is 10.5. The van der Waals surface area contributed by atoms with Gasteiger partial charge in [-0.1, -0.05) is 6.08 Å². The molecule has 2 N–H and O–H groups in total. The van der Waals surface area contributed by atoms with Gasteiger partial charge in [-0.05, 0) is 7.05 Å². The van der Waals surface area contributed by atoms with Crippen LogP contribution in [-0.2, 0) is 4.79 Å². The van der Waals surface area contributed by atoms with Crippen LogP contribution in [0.1, 0.15) is 0 Å². The molecule has 3 nitrogen and oxygen atoms in total. The maximum atomic E-state index is 10.2. The summed E-state index contributed by atoms with van der Waals surface area (Å²) in [6, 6.07) is 0. The largest absolute Gasteiger partial charge is 0.369 e. The van der Waals surface area contributed by atoms with Crippen LogP contribution in [0.3, 0.4) is 0 Å². The van der Waals surface area contributed by atoms with Gasteiger partial charge in [-0.25, -0.2) is 0 Å². The zero-order valence-electron chi connectivity index (χ0n) is 5.63. The van der Waals surface area contributed by atoms with Gasteiger partial charge in [-0.2, -0.15) is 0 Å². The fourth-order valence-corrected chi connectivity index (χ4v) is 0.551. The monoisotopic (exact) mass is 128 g/mol. The molecule has 0 atom stereocenters. The Labute approximate surface area is 55.1 Å². The van der Waals surface area contributed by atoms with Crippen LogP contribution in [0.4, 0.5) is 0 Å². The number of primary amides is 1. The molecule has 0 spiro atoms. The average Bonchev–Trinajstić information content (AvgIpc) is 1.63. The van der Waals surface area contributed by atoms with Gasteiger partial charge < -0.3 is 5.73 Å². The first-order chi connectivity index (χ1) is 4.16. The number of likely N-dealkylation sites (N-methyl/N-ethyl adjacent to an activating group) is 1. The normalized spacial score (nSPS) is 9.56. The Morgan fingerprint density at radius 1 is 1.89 bits per heavy atom. The standard InChI is InChI=1S/C6H12N2O/c1-3-4-8(2)5-6(7)9/h3H,1,4-5H2,2H3,(H2,7,9). The predicted molar refractivity (Wildman–Crippen MR) is 36.9 cm³/mol. The van der Waals surface area contributed by atoms with Crippen molar-refractivity contribution in [2.75, 3.05) is 20.1 Å². The Bertz CT molecular complexity index is 112. The van der Waals surface area contributed by atoms with Crippen LogP contribution in [0.15, 0.2) is 12.7 Å². The molecule has 0 aliphatic carbocycles. The number of carbonyl (C=O) groups is 1. The number of nitrogens with zero attached hydrogens (tertiary/aromatic N) is 1. The molecule has 0 saturated carbocycles. The summed E-state index contributed by atoms with van der Waals surface area (Å²) in [5.74, 6) is -0.306. The second-order valence-electron chi connectivity index (χ2n) is 1.95. The number of hydrogen-bond donors (Lipinski definition) is 1. The maximum absolute atomic E-state index is 10.2. The van der Waals surface area contributed by atoms with E-state index in [0.29, 0.717) is 13.1 Å². The quantitative estimate of drug-likeness (QED) is 0.523. The number of carbonyl (C=O) groups excluding carboxylic acids is 1. The second-order valence-corrected chi connectivity index (χ2v) is 1.95. The Balaban J connectivity index is 3.37. The van der Waals surface area contributed by atoms with Crippen molar-refractivity contribution in [1.29, 1.82) is 0 Å². The molecule has 52 valence electrons. The highest BCUT2D eigenvalue weighted by atomic mass is 16.1. The third-order valence-electron chi connectivity index (χ3n) is 0.867. The topological polar surface area (TPSA) is 46.3 Å². The van der Waals surface area contributed by atoms with Crippen molar-refractivity contribution in [2.45, 2.75) is 0 Å². The van der Waals surface area contributed by atoms with E-state index < -0.39 is 0 Å². The lowest BCUT2D eigenvalue weighted by Crippen LogP contribution is -2.30. The summed E-state index contributed by atoms with van der Waals surface area (Å²) in [6.45, 7) is 4.51. The van der Waals surface area contributed by atoms with Crippen molar-refractivity contribution in [3.8, 4) is 0 Å². The molecule has 0 aromatic carbocycles. The summed E-state index contributed by atoms with van der Waals surface area (Å²) in [4.78, 5) is 12.0. The van der Waals surface area contributed by atoms with Crippen LogP contribution in [0, 0.1) is 0 Å². The SMILES string of the molecule is C=CCN(C)CC(N)=O. The molecule has 0 aliphatic heterocycles. The van der Waals surface area contributed by atoms with Crippen molar-refractivity contribution in [2.24, 2.45) is 5.73 Å². The molecule has 0 radical (unpaired) electrons. The molecular weight excluding hydrogens is 116 g/mol. The molecule has 0 bridgehead atoms. The van der Waals surface area contributed by atoms with Gasteiger partial charge in [0, 0.05) is 6.54 Å². The van der Waals surface area contributed by atoms with E-state index in [4.69, 9.17) is 5.73 Å². The highest BCUT2D eigenvalue weighted by molar-refractivity contribution is 5.75. The maximum Gasteiger partial charge on any atom is 0.231 e. The zero-order valence-corrected chi connectivity index (χ0v) is 5.63. The van der Waals surface area contributed by atoms with Gasteiger partial charge in [-0.3, -0.25) is 9.69 Å². The Morgan fingerprint density at radius 2 is 2.44 bits per heavy atom. The Kier molecular flexibility index (Phi) is 3.71. The molecule has 0 aromatic rings. The summed E-state index contributed by atoms with van der Waals surface area (Å²) in [7, 11) is 1.81. The lowest BCUT2D eigenvalue weighted by molar-refractivity contribution is -0.118. The number of hydrogen-bond acceptors (Lipinski definition) is 2. The number of amides is 1. The van der Waals surface area contributed by atoms with E-state index in [1.165, 1.54) is 0 Å². The van der Waals surface area contributed by atoms with Gasteiger partial charge in [0.2, 0.25) is 5.91 Å². The van der Waals surface area contributed by atoms with E-state index in [9.17, 15) is 4.79 Å². The van der Waals surface area contributed by atoms with Crippen LogP contribution in [0.25, 0.3) is 0 Å². The van der Waals surface area contributed by atoms with Crippen LogP contribution >= 0.6 is 0 Å². The smallest absolute Gasteiger partial charge is 0.231 e. The third-order valence-corrected chi connectivity index (χ3v) is 0.867. The molecule has 0 unspecified atom stereocenters. The molecule has 0 aliphatic rings. The van der Waals surface area contributed by atoms with Crippen LogP contribution in [-0.4, -0.2) is 30.9 Å². The minimum absolute atomic E-state index is 0.298. The van der Waals surface area contributed by atoms with Crippen molar-refractivity contribution < 1.29 is 4.79 Å². The van der Waals surface area contributed by atoms with Gasteiger partial charge in [0.15, 0.2) is 0 Å². The Hall–Kier alpha value is -0.830. The van der Waals surface area contributed by atoms with Crippen LogP contribution < -0.4 is 5.73 Å². The van der Waals surface area contributed by atoms with E-state index >= 15 is 0 Å². The fraction of sp³-hybridized carbons (Fsp3) is 0.500. The van der Waals surface area contributed by atoms with Crippen molar-refractivity contribution in [3.05, 3.63) is 12.7 Å². The van der Waals surface area contributed by atoms with Crippen molar-refractivity contribution >= 4 is 5.91 Å². The second kappa shape index (κ2) is 4.09. The van der Waals surface area contributed by atoms with Gasteiger partial charge in [0.05, 0.1) is 6.54 Å². The first-order valence-corrected chi connectivity index (χ1v) is 2.74. The average molecular weight is 128 g/mol. The molecule has 1 amide bonds. The minimum Gasteiger partial charge on any atom is -0.369 e. The van der Waals surface area contributed by atoms with E-state index in [1.54, 1.807) is 11.0 Å². The van der Waals surface area contributed by atoms with Crippen LogP contribution in [0.5, 0.6) is 0 Å². The summed E-state index contributed by atoms with van der Waals surface area (Å²) in [6.07, 6.45) is 1.73. The highest BCUT2D eigenvalue weighted by Crippen LogP contribution is 1.78. The molecule has 0 rings (SSSR count). The molecule has 0 heterocycles. The number of nitrogens with two attached hydrogens (primary N) is 1. The lowest BCUT2D eigenvalue weighted by Gasteiger charge is -2.09. The van der Waals surface area contributed by atoms with Gasteiger partial charge >= 0.3 is 0 Å². The molecule has 0 aromatic heterocycles. The molecule has 0 fully saturated rings. The first-order valence-electron chi connectivity index (χ1n) is 2.74. The van der Waals surface area contributed by atoms with E-state index in [0.717, 1.165) is 0 Å². The summed E-state index contributed by atoms with van der Waals surface area (Å²) in [5, 5.41) is 0. The molecular formula is C6H12N2O. The molecule has 3 heteroatoms. The third kappa shape index (κ3) is 5.03. The fourth-order valence-electron chi connectivity index (χ4n) is 0.551. The zero-order chi connectivity index (χ0) is 7.28. The van der Waals surface area contributed by atoms with Crippen molar-refractivity contribution in [1.82, 2.24) is 4.90 Å². The van der Waals surface area contributed by atoms with Crippen LogP contribution in [0.2, 0.25) is 0 Å². The van der Waals surface area contributed by atoms with Crippen molar-refractivity contribution in [3.63, 3.8) is 0 Å².